The zero-order valence-electron chi connectivity index (χ0n) is 6.08. The van der Waals surface area contributed by atoms with Crippen molar-refractivity contribution >= 4 is 29.2 Å². The minimum absolute atomic E-state index is 0.171. The summed E-state index contributed by atoms with van der Waals surface area (Å²) in [5, 5.41) is 0. The highest BCUT2D eigenvalue weighted by molar-refractivity contribution is 6.17. The first kappa shape index (κ1) is 8.67. The standard InChI is InChI=1S/C7H7ClN2O2/c8-12-7(11)4-2-1-3-5(9)6(4)10/h1-3H,9-10H2. The van der Waals surface area contributed by atoms with Gasteiger partial charge in [-0.2, -0.15) is 0 Å². The summed E-state index contributed by atoms with van der Waals surface area (Å²) >= 11 is 4.86. The fourth-order valence-electron chi connectivity index (χ4n) is 0.803. The van der Waals surface area contributed by atoms with Gasteiger partial charge < -0.3 is 15.8 Å². The zero-order chi connectivity index (χ0) is 9.14. The Morgan fingerprint density at radius 1 is 1.42 bits per heavy atom. The van der Waals surface area contributed by atoms with Crippen molar-refractivity contribution in [2.45, 2.75) is 0 Å². The van der Waals surface area contributed by atoms with Crippen molar-refractivity contribution in [2.24, 2.45) is 0 Å². The lowest BCUT2D eigenvalue weighted by atomic mass is 10.1. The van der Waals surface area contributed by atoms with Crippen molar-refractivity contribution in [3.8, 4) is 0 Å². The highest BCUT2D eigenvalue weighted by atomic mass is 35.5. The Morgan fingerprint density at radius 2 is 2.08 bits per heavy atom. The molecule has 0 fully saturated rings. The van der Waals surface area contributed by atoms with Crippen LogP contribution in [0.3, 0.4) is 0 Å². The van der Waals surface area contributed by atoms with E-state index in [1.165, 1.54) is 6.07 Å². The van der Waals surface area contributed by atoms with Crippen LogP contribution in [0.5, 0.6) is 0 Å². The number of hydrogen-bond donors (Lipinski definition) is 2. The van der Waals surface area contributed by atoms with Gasteiger partial charge in [0.1, 0.15) is 11.9 Å². The molecular weight excluding hydrogens is 180 g/mol. The molecule has 0 atom stereocenters. The first-order valence-corrected chi connectivity index (χ1v) is 3.44. The molecule has 0 aliphatic rings. The number of halogens is 1. The van der Waals surface area contributed by atoms with E-state index in [0.29, 0.717) is 5.69 Å². The third kappa shape index (κ3) is 1.43. The lowest BCUT2D eigenvalue weighted by Crippen LogP contribution is -2.05. The molecule has 0 saturated carbocycles. The molecule has 1 aromatic rings. The average Bonchev–Trinajstić information content (AvgIpc) is 2.08. The summed E-state index contributed by atoms with van der Waals surface area (Å²) in [6.07, 6.45) is 0. The number of hydrogen-bond acceptors (Lipinski definition) is 4. The van der Waals surface area contributed by atoms with Crippen molar-refractivity contribution in [2.75, 3.05) is 11.5 Å². The Labute approximate surface area is 74.2 Å². The lowest BCUT2D eigenvalue weighted by molar-refractivity contribution is 0.0752. The zero-order valence-corrected chi connectivity index (χ0v) is 6.84. The molecule has 4 nitrogen and oxygen atoms in total. The first-order chi connectivity index (χ1) is 5.66. The van der Waals surface area contributed by atoms with Crippen molar-refractivity contribution < 1.29 is 9.08 Å². The van der Waals surface area contributed by atoms with E-state index in [2.05, 4.69) is 4.29 Å². The molecule has 12 heavy (non-hydrogen) atoms. The summed E-state index contributed by atoms with van der Waals surface area (Å²) in [6.45, 7) is 0. The topological polar surface area (TPSA) is 78.3 Å². The van der Waals surface area contributed by atoms with Gasteiger partial charge in [-0.25, -0.2) is 4.79 Å². The maximum atomic E-state index is 10.9. The Hall–Kier alpha value is -1.42. The minimum atomic E-state index is -0.707. The van der Waals surface area contributed by atoms with Crippen LogP contribution in [0.1, 0.15) is 10.4 Å². The second-order valence-corrected chi connectivity index (χ2v) is 2.33. The molecule has 0 saturated heterocycles. The number of benzene rings is 1. The summed E-state index contributed by atoms with van der Waals surface area (Å²) < 4.78 is 3.97. The van der Waals surface area contributed by atoms with E-state index in [-0.39, 0.29) is 11.3 Å². The van der Waals surface area contributed by atoms with Crippen molar-refractivity contribution in [1.29, 1.82) is 0 Å². The molecule has 0 spiro atoms. The Kier molecular flexibility index (Phi) is 2.40. The number of nitrogens with two attached hydrogens (primary N) is 2. The molecule has 0 heterocycles. The molecule has 4 N–H and O–H groups in total. The number of carbonyl (C=O) groups excluding carboxylic acids is 1. The van der Waals surface area contributed by atoms with Gasteiger partial charge in [0.05, 0.1) is 16.9 Å². The quantitative estimate of drug-likeness (QED) is 0.646. The Bertz CT molecular complexity index is 314. The maximum Gasteiger partial charge on any atom is 0.358 e. The van der Waals surface area contributed by atoms with E-state index in [9.17, 15) is 4.79 Å². The van der Waals surface area contributed by atoms with Gasteiger partial charge in [0.15, 0.2) is 0 Å². The predicted octanol–water partition coefficient (Wildman–Crippen LogP) is 1.16. The highest BCUT2D eigenvalue weighted by Crippen LogP contribution is 2.20. The average molecular weight is 187 g/mol. The smallest absolute Gasteiger partial charge is 0.358 e. The van der Waals surface area contributed by atoms with Crippen LogP contribution in [0.2, 0.25) is 0 Å². The normalized spacial score (nSPS) is 9.42. The van der Waals surface area contributed by atoms with Gasteiger partial charge in [0.2, 0.25) is 0 Å². The number of anilines is 2. The summed E-state index contributed by atoms with van der Waals surface area (Å²) in [7, 11) is 0. The van der Waals surface area contributed by atoms with E-state index in [0.717, 1.165) is 0 Å². The first-order valence-electron chi connectivity index (χ1n) is 3.13. The van der Waals surface area contributed by atoms with Gasteiger partial charge in [0, 0.05) is 0 Å². The molecule has 5 heteroatoms. The van der Waals surface area contributed by atoms with Crippen LogP contribution >= 0.6 is 11.9 Å². The fourth-order valence-corrected chi connectivity index (χ4v) is 0.886. The largest absolute Gasteiger partial charge is 0.397 e. The van der Waals surface area contributed by atoms with E-state index < -0.39 is 5.97 Å². The summed E-state index contributed by atoms with van der Waals surface area (Å²) in [5.74, 6) is -0.707. The van der Waals surface area contributed by atoms with E-state index in [4.69, 9.17) is 23.3 Å². The highest BCUT2D eigenvalue weighted by Gasteiger charge is 2.11. The fraction of sp³-hybridized carbons (Fsp3) is 0. The number of carbonyl (C=O) groups is 1. The molecule has 1 aromatic carbocycles. The Morgan fingerprint density at radius 3 is 2.67 bits per heavy atom. The molecule has 0 unspecified atom stereocenters. The number of rotatable bonds is 1. The molecule has 0 aromatic heterocycles. The van der Waals surface area contributed by atoms with Crippen LogP contribution in [0.4, 0.5) is 11.4 Å². The number of para-hydroxylation sites is 1. The van der Waals surface area contributed by atoms with E-state index in [1.807, 2.05) is 0 Å². The SMILES string of the molecule is Nc1cccc(C(=O)OCl)c1N. The van der Waals surface area contributed by atoms with Gasteiger partial charge in [-0.05, 0) is 12.1 Å². The van der Waals surface area contributed by atoms with Crippen molar-refractivity contribution in [1.82, 2.24) is 0 Å². The monoisotopic (exact) mass is 186 g/mol. The minimum Gasteiger partial charge on any atom is -0.397 e. The molecular formula is C7H7ClN2O2. The van der Waals surface area contributed by atoms with E-state index in [1.54, 1.807) is 12.1 Å². The lowest BCUT2D eigenvalue weighted by Gasteiger charge is -2.03. The molecule has 0 radical (unpaired) electrons. The van der Waals surface area contributed by atoms with Crippen LogP contribution in [0.25, 0.3) is 0 Å². The van der Waals surface area contributed by atoms with Crippen molar-refractivity contribution in [3.05, 3.63) is 23.8 Å². The number of nitrogen functional groups attached to an aromatic ring is 2. The van der Waals surface area contributed by atoms with Gasteiger partial charge in [-0.15, -0.1) is 0 Å². The van der Waals surface area contributed by atoms with Crippen LogP contribution in [-0.2, 0) is 4.29 Å². The van der Waals surface area contributed by atoms with Crippen LogP contribution in [0.15, 0.2) is 18.2 Å². The van der Waals surface area contributed by atoms with Crippen molar-refractivity contribution in [3.63, 3.8) is 0 Å². The predicted molar refractivity (Wildman–Crippen MR) is 46.5 cm³/mol. The van der Waals surface area contributed by atoms with E-state index >= 15 is 0 Å². The summed E-state index contributed by atoms with van der Waals surface area (Å²) in [5.41, 5.74) is 11.6. The second kappa shape index (κ2) is 3.32. The maximum absolute atomic E-state index is 10.9. The summed E-state index contributed by atoms with van der Waals surface area (Å²) in [6, 6.07) is 4.66. The molecule has 64 valence electrons. The molecule has 0 aliphatic heterocycles. The molecule has 0 bridgehead atoms. The third-order valence-corrected chi connectivity index (χ3v) is 1.57. The van der Waals surface area contributed by atoms with Gasteiger partial charge in [-0.1, -0.05) is 6.07 Å². The summed E-state index contributed by atoms with van der Waals surface area (Å²) in [4.78, 5) is 10.9. The molecule has 0 amide bonds. The van der Waals surface area contributed by atoms with Crippen LogP contribution in [0, 0.1) is 0 Å². The molecule has 0 aliphatic carbocycles. The van der Waals surface area contributed by atoms with Crippen LogP contribution in [-0.4, -0.2) is 5.97 Å². The third-order valence-electron chi connectivity index (χ3n) is 1.43. The second-order valence-electron chi connectivity index (χ2n) is 2.17. The Balaban J connectivity index is 3.16. The van der Waals surface area contributed by atoms with Gasteiger partial charge in [0.25, 0.3) is 0 Å². The molecule has 1 rings (SSSR count). The van der Waals surface area contributed by atoms with Crippen LogP contribution < -0.4 is 11.5 Å². The van der Waals surface area contributed by atoms with Gasteiger partial charge >= 0.3 is 5.97 Å². The van der Waals surface area contributed by atoms with Gasteiger partial charge in [-0.3, -0.25) is 0 Å².